The van der Waals surface area contributed by atoms with E-state index in [9.17, 15) is 19.1 Å². The van der Waals surface area contributed by atoms with Crippen molar-refractivity contribution in [1.29, 1.82) is 0 Å². The van der Waals surface area contributed by atoms with Crippen molar-refractivity contribution in [1.82, 2.24) is 0 Å². The van der Waals surface area contributed by atoms with Crippen LogP contribution in [0, 0.1) is 19.0 Å². The fourth-order valence-electron chi connectivity index (χ4n) is 2.03. The number of hydrogen-bond acceptors (Lipinski definition) is 9. The minimum absolute atomic E-state index is 0. The van der Waals surface area contributed by atoms with Gasteiger partial charge in [-0.15, -0.1) is 0 Å². The van der Waals surface area contributed by atoms with Crippen molar-refractivity contribution in [3.63, 3.8) is 0 Å². The minimum Gasteiger partial charge on any atom is -1.00 e. The van der Waals surface area contributed by atoms with Crippen LogP contribution in [0.1, 0.15) is 30.1 Å². The van der Waals surface area contributed by atoms with Gasteiger partial charge in [0, 0.05) is 15.7 Å². The third-order valence-corrected chi connectivity index (χ3v) is 4.62. The van der Waals surface area contributed by atoms with Gasteiger partial charge in [-0.3, -0.25) is 9.59 Å². The molecule has 0 heterocycles. The zero-order chi connectivity index (χ0) is 30.7. The molecule has 0 amide bonds. The molecule has 2 aromatic rings. The van der Waals surface area contributed by atoms with E-state index >= 15 is 0 Å². The number of rotatable bonds is 7. The fourth-order valence-corrected chi connectivity index (χ4v) is 2.47. The van der Waals surface area contributed by atoms with Crippen LogP contribution in [0.15, 0.2) is 36.4 Å². The topological polar surface area (TPSA) is 211 Å². The van der Waals surface area contributed by atoms with Crippen molar-refractivity contribution < 1.29 is 154 Å². The number of nitrogens with one attached hydrogen (secondary N) is 1. The smallest absolute Gasteiger partial charge is 1.00 e. The quantitative estimate of drug-likeness (QED) is 0.0599. The van der Waals surface area contributed by atoms with Crippen molar-refractivity contribution in [3.05, 3.63) is 75.1 Å². The van der Waals surface area contributed by atoms with Gasteiger partial charge in [0.15, 0.2) is 6.04 Å². The maximum Gasteiger partial charge on any atom is 1.00 e. The Labute approximate surface area is 346 Å². The van der Waals surface area contributed by atoms with Gasteiger partial charge in [-0.2, -0.15) is 0 Å². The predicted molar refractivity (Wildman–Crippen MR) is 151 cm³/mol. The summed E-state index contributed by atoms with van der Waals surface area (Å²) >= 11 is 11.3. The number of aliphatic hydroxyl groups is 2. The number of carbonyl (C=O) groups excluding carboxylic acids is 1. The first-order chi connectivity index (χ1) is 18.2. The molecule has 0 aliphatic heterocycles. The third-order valence-electron chi connectivity index (χ3n) is 4.01. The summed E-state index contributed by atoms with van der Waals surface area (Å²) in [6, 6.07) is 5.88. The van der Waals surface area contributed by atoms with E-state index in [0.717, 1.165) is 6.07 Å². The maximum atomic E-state index is 12.3. The monoisotopic (exact) mass is 700 g/mol. The van der Waals surface area contributed by atoms with Crippen LogP contribution in [0.4, 0.5) is 21.5 Å². The summed E-state index contributed by atoms with van der Waals surface area (Å²) < 4.78 is 12.3. The van der Waals surface area contributed by atoms with Crippen molar-refractivity contribution >= 4 is 58.7 Å². The molecule has 0 aromatic heterocycles. The van der Waals surface area contributed by atoms with Crippen LogP contribution < -0.4 is 119 Å². The molecule has 4 atom stereocenters. The van der Waals surface area contributed by atoms with Crippen LogP contribution in [0.5, 0.6) is 0 Å². The maximum absolute atomic E-state index is 12.3. The number of hydrogen-bond donors (Lipinski definition) is 6. The van der Waals surface area contributed by atoms with Gasteiger partial charge in [-0.1, -0.05) is 50.2 Å². The van der Waals surface area contributed by atoms with Crippen LogP contribution >= 0.6 is 23.2 Å². The Morgan fingerprint density at radius 3 is 1.67 bits per heavy atom. The van der Waals surface area contributed by atoms with Crippen LogP contribution in [-0.4, -0.2) is 63.1 Å². The zero-order valence-electron chi connectivity index (χ0n) is 23.3. The summed E-state index contributed by atoms with van der Waals surface area (Å²) in [6.07, 6.45) is -2.03. The van der Waals surface area contributed by atoms with Crippen LogP contribution in [0.25, 0.3) is 9.69 Å². The molecule has 13 nitrogen and oxygen atoms in total. The summed E-state index contributed by atoms with van der Waals surface area (Å²) in [6.45, 7) is 15.9. The Morgan fingerprint density at radius 1 is 1.00 bits per heavy atom. The molecule has 0 fully saturated rings. The number of carbonyl (C=O) groups is 3. The van der Waals surface area contributed by atoms with Crippen molar-refractivity contribution in [3.8, 4) is 0 Å². The number of carboxylic acid groups (broad SMARTS) is 2. The first-order valence-corrected chi connectivity index (χ1v) is 11.0. The molecule has 0 spiro atoms. The SMILES string of the molecule is C.C.C[C@H](O)[C@@H](N)C(=O)O.O=CO[O-].[C-]#[N+]c1ccc(F)cc1Cl.[C-]#[N+]c1ccc(N[C@@H](C(=O)O)[C@H](C)O)cc1Cl.[H-].[K+].[K+]. The van der Waals surface area contributed by atoms with Crippen molar-refractivity contribution in [2.24, 2.45) is 5.73 Å². The van der Waals surface area contributed by atoms with E-state index in [1.165, 1.54) is 44.2 Å². The number of aliphatic carboxylic acids is 2. The molecular formula is C25H33Cl2FK2N4O9. The van der Waals surface area contributed by atoms with E-state index in [-0.39, 0.29) is 141 Å². The summed E-state index contributed by atoms with van der Waals surface area (Å²) in [5.41, 5.74) is 5.92. The molecule has 18 heteroatoms. The van der Waals surface area contributed by atoms with Crippen LogP contribution in [0.3, 0.4) is 0 Å². The van der Waals surface area contributed by atoms with Gasteiger partial charge in [-0.05, 0) is 38.1 Å². The first kappa shape index (κ1) is 54.7. The van der Waals surface area contributed by atoms with Crippen LogP contribution in [-0.2, 0) is 19.3 Å². The summed E-state index contributed by atoms with van der Waals surface area (Å²) in [5.74, 6) is -2.76. The molecular weight excluding hydrogens is 668 g/mol. The molecule has 0 radical (unpaired) electrons. The number of benzene rings is 2. The standard InChI is InChI=1S/C11H11ClN2O3.C7H3ClFN.C4H9NO3.CH2O3.2CH4.2K.H/c1-6(15)10(11(16)17)14-7-3-4-9(13-2)8(12)5-7;1-10-7-3-2-5(9)4-6(7)8;1-2(6)3(5)4(7)8;2-1-4-3;;;;;/h3-6,10,14-15H,1H3,(H,16,17);2-4H;2-3,6H,5H2,1H3,(H,7,8);1,3H;2*1H4;;;/q;;;;;;2*+1;-1/p-1/t6-,10+;;2-,3+;;;;;;/m0.0....../s1. The molecule has 2 aromatic carbocycles. The predicted octanol–water partition coefficient (Wildman–Crippen LogP) is -2.23. The number of carboxylic acids is 2. The molecule has 0 aliphatic rings. The molecule has 0 aliphatic carbocycles. The summed E-state index contributed by atoms with van der Waals surface area (Å²) in [5, 5.41) is 46.2. The minimum atomic E-state index is -1.18. The second-order valence-corrected chi connectivity index (χ2v) is 7.80. The number of nitrogens with two attached hydrogens (primary N) is 1. The molecule has 0 unspecified atom stereocenters. The van der Waals surface area contributed by atoms with E-state index in [2.05, 4.69) is 19.9 Å². The van der Waals surface area contributed by atoms with Gasteiger partial charge < -0.3 is 43.0 Å². The molecule has 2 rings (SSSR count). The van der Waals surface area contributed by atoms with Gasteiger partial charge in [-0.25, -0.2) is 18.9 Å². The summed E-state index contributed by atoms with van der Waals surface area (Å²) in [7, 11) is 0. The van der Waals surface area contributed by atoms with E-state index < -0.39 is 42.0 Å². The molecule has 7 N–H and O–H groups in total. The molecule has 0 saturated carbocycles. The van der Waals surface area contributed by atoms with E-state index in [1.54, 1.807) is 0 Å². The molecule has 0 bridgehead atoms. The van der Waals surface area contributed by atoms with Crippen molar-refractivity contribution in [2.45, 2.75) is 53.0 Å². The Balaban J connectivity index is -0.0000000883. The van der Waals surface area contributed by atoms with E-state index in [1.807, 2.05) is 0 Å². The second kappa shape index (κ2) is 31.2. The van der Waals surface area contributed by atoms with Gasteiger partial charge >= 0.3 is 115 Å². The normalized spacial score (nSPS) is 11.1. The fraction of sp³-hybridized carbons (Fsp3) is 0.320. The third kappa shape index (κ3) is 25.2. The Morgan fingerprint density at radius 2 is 1.42 bits per heavy atom. The zero-order valence-corrected chi connectivity index (χ0v) is 30.0. The molecule has 0 saturated heterocycles. The van der Waals surface area contributed by atoms with Gasteiger partial charge in [0.2, 0.25) is 11.4 Å². The van der Waals surface area contributed by atoms with Gasteiger partial charge in [0.1, 0.15) is 11.9 Å². The van der Waals surface area contributed by atoms with E-state index in [0.29, 0.717) is 11.4 Å². The van der Waals surface area contributed by atoms with Crippen molar-refractivity contribution in [2.75, 3.05) is 5.32 Å². The first-order valence-electron chi connectivity index (χ1n) is 10.2. The average Bonchev–Trinajstić information content (AvgIpc) is 2.87. The van der Waals surface area contributed by atoms with Gasteiger partial charge in [0.05, 0.1) is 25.4 Å². The number of halogens is 3. The Hall–Kier alpha value is -0.747. The van der Waals surface area contributed by atoms with Crippen LogP contribution in [0.2, 0.25) is 10.0 Å². The number of aliphatic hydroxyl groups excluding tert-OH is 2. The van der Waals surface area contributed by atoms with Gasteiger partial charge in [0.25, 0.3) is 6.47 Å². The summed E-state index contributed by atoms with van der Waals surface area (Å²) in [4.78, 5) is 38.2. The largest absolute Gasteiger partial charge is 1.00 e. The Kier molecular flexibility index (Phi) is 39.8. The molecule has 230 valence electrons. The van der Waals surface area contributed by atoms with E-state index in [4.69, 9.17) is 67.5 Å². The molecule has 43 heavy (non-hydrogen) atoms. The second-order valence-electron chi connectivity index (χ2n) is 6.98. The number of anilines is 1. The average molecular weight is 702 g/mol. The Bertz CT molecular complexity index is 1190. The number of nitrogens with zero attached hydrogens (tertiary/aromatic N) is 2.